The molecule has 0 unspecified atom stereocenters. The van der Waals surface area contributed by atoms with Crippen molar-refractivity contribution in [1.82, 2.24) is 0 Å². The molecule has 0 amide bonds. The summed E-state index contributed by atoms with van der Waals surface area (Å²) in [5, 5.41) is 0. The lowest BCUT2D eigenvalue weighted by molar-refractivity contribution is -0.133. The van der Waals surface area contributed by atoms with Gasteiger partial charge < -0.3 is 4.74 Å². The van der Waals surface area contributed by atoms with Crippen molar-refractivity contribution >= 4 is 5.97 Å². The topological polar surface area (TPSA) is 26.3 Å². The highest BCUT2D eigenvalue weighted by Gasteiger charge is 2.16. The van der Waals surface area contributed by atoms with Crippen LogP contribution in [0.2, 0.25) is 0 Å². The largest absolute Gasteiger partial charge is 0.426 e. The lowest BCUT2D eigenvalue weighted by Crippen LogP contribution is -2.14. The minimum absolute atomic E-state index is 0.185. The Morgan fingerprint density at radius 3 is 2.60 bits per heavy atom. The molecule has 20 heavy (non-hydrogen) atoms. The summed E-state index contributed by atoms with van der Waals surface area (Å²) in [5.74, 6) is 0.568. The molecule has 1 aliphatic carbocycles. The summed E-state index contributed by atoms with van der Waals surface area (Å²) in [6.45, 7) is 0. The molecule has 2 aromatic carbocycles. The van der Waals surface area contributed by atoms with Gasteiger partial charge >= 0.3 is 5.97 Å². The molecule has 2 aromatic rings. The fourth-order valence-corrected chi connectivity index (χ4v) is 2.76. The first kappa shape index (κ1) is 12.9. The third-order valence-electron chi connectivity index (χ3n) is 3.77. The number of fused-ring (bicyclic) bond motifs is 1. The van der Waals surface area contributed by atoms with Gasteiger partial charge in [-0.15, -0.1) is 0 Å². The van der Waals surface area contributed by atoms with Crippen LogP contribution in [-0.2, 0) is 24.1 Å². The van der Waals surface area contributed by atoms with E-state index in [0.29, 0.717) is 6.42 Å². The van der Waals surface area contributed by atoms with Crippen LogP contribution in [0.1, 0.15) is 29.5 Å². The molecule has 0 aliphatic heterocycles. The molecule has 0 atom stereocenters. The third-order valence-corrected chi connectivity index (χ3v) is 3.77. The van der Waals surface area contributed by atoms with Crippen molar-refractivity contribution in [2.75, 3.05) is 0 Å². The van der Waals surface area contributed by atoms with E-state index in [4.69, 9.17) is 4.74 Å². The highest BCUT2D eigenvalue weighted by molar-refractivity contribution is 5.75. The molecule has 0 bridgehead atoms. The van der Waals surface area contributed by atoms with Crippen LogP contribution >= 0.6 is 0 Å². The van der Waals surface area contributed by atoms with E-state index in [1.165, 1.54) is 24.0 Å². The maximum Gasteiger partial charge on any atom is 0.315 e. The summed E-state index contributed by atoms with van der Waals surface area (Å²) >= 11 is 0. The molecule has 0 saturated heterocycles. The van der Waals surface area contributed by atoms with Gasteiger partial charge in [-0.25, -0.2) is 0 Å². The molecule has 0 aromatic heterocycles. The van der Waals surface area contributed by atoms with E-state index in [1.807, 2.05) is 42.5 Å². The van der Waals surface area contributed by atoms with Crippen LogP contribution in [0.15, 0.2) is 48.5 Å². The van der Waals surface area contributed by atoms with Gasteiger partial charge in [0.25, 0.3) is 0 Å². The van der Waals surface area contributed by atoms with E-state index < -0.39 is 0 Å². The highest BCUT2D eigenvalue weighted by atomic mass is 16.5. The van der Waals surface area contributed by atoms with Crippen LogP contribution in [0.3, 0.4) is 0 Å². The van der Waals surface area contributed by atoms with Crippen LogP contribution < -0.4 is 4.74 Å². The van der Waals surface area contributed by atoms with Crippen molar-refractivity contribution in [3.05, 3.63) is 65.2 Å². The van der Waals surface area contributed by atoms with Gasteiger partial charge in [0.15, 0.2) is 0 Å². The third kappa shape index (κ3) is 2.90. The summed E-state index contributed by atoms with van der Waals surface area (Å²) in [7, 11) is 0. The number of hydrogen-bond donors (Lipinski definition) is 0. The first-order valence-electron chi connectivity index (χ1n) is 7.18. The summed E-state index contributed by atoms with van der Waals surface area (Å²) in [6.07, 6.45) is 4.85. The zero-order valence-electron chi connectivity index (χ0n) is 11.5. The van der Waals surface area contributed by atoms with Crippen molar-refractivity contribution in [3.63, 3.8) is 0 Å². The molecule has 0 N–H and O–H groups in total. The molecule has 0 saturated carbocycles. The number of benzene rings is 2. The first-order valence-corrected chi connectivity index (χ1v) is 7.18. The Morgan fingerprint density at radius 2 is 1.75 bits per heavy atom. The zero-order chi connectivity index (χ0) is 13.8. The predicted molar refractivity (Wildman–Crippen MR) is 78.9 cm³/mol. The quantitative estimate of drug-likeness (QED) is 0.625. The van der Waals surface area contributed by atoms with E-state index in [1.54, 1.807) is 0 Å². The van der Waals surface area contributed by atoms with Gasteiger partial charge in [-0.3, -0.25) is 4.79 Å². The fraction of sp³-hybridized carbons (Fsp3) is 0.278. The zero-order valence-corrected chi connectivity index (χ0v) is 11.5. The molecule has 0 fully saturated rings. The number of carbonyl (C=O) groups excluding carboxylic acids is 1. The average Bonchev–Trinajstić information content (AvgIpc) is 2.48. The van der Waals surface area contributed by atoms with Gasteiger partial charge in [0.1, 0.15) is 5.75 Å². The van der Waals surface area contributed by atoms with E-state index in [2.05, 4.69) is 6.07 Å². The van der Waals surface area contributed by atoms with Crippen LogP contribution in [0.5, 0.6) is 5.75 Å². The SMILES string of the molecule is O=C(Cc1ccccc1)Oc1cccc2c1CCCC2. The Balaban J connectivity index is 1.73. The molecule has 3 rings (SSSR count). The molecule has 0 heterocycles. The first-order chi connectivity index (χ1) is 9.83. The lowest BCUT2D eigenvalue weighted by atomic mass is 9.91. The van der Waals surface area contributed by atoms with E-state index in [-0.39, 0.29) is 5.97 Å². The molecule has 0 radical (unpaired) electrons. The van der Waals surface area contributed by atoms with Crippen molar-refractivity contribution < 1.29 is 9.53 Å². The van der Waals surface area contributed by atoms with Gasteiger partial charge in [0.05, 0.1) is 6.42 Å². The Bertz CT molecular complexity index is 602. The molecule has 0 spiro atoms. The molecule has 1 aliphatic rings. The Labute approximate surface area is 119 Å². The van der Waals surface area contributed by atoms with Gasteiger partial charge in [0, 0.05) is 0 Å². The van der Waals surface area contributed by atoms with Crippen molar-refractivity contribution in [1.29, 1.82) is 0 Å². The van der Waals surface area contributed by atoms with Crippen molar-refractivity contribution in [3.8, 4) is 5.75 Å². The number of rotatable bonds is 3. The second-order valence-electron chi connectivity index (χ2n) is 5.24. The minimum Gasteiger partial charge on any atom is -0.426 e. The van der Waals surface area contributed by atoms with Crippen LogP contribution in [0.4, 0.5) is 0 Å². The summed E-state index contributed by atoms with van der Waals surface area (Å²) in [6, 6.07) is 15.7. The highest BCUT2D eigenvalue weighted by Crippen LogP contribution is 2.29. The van der Waals surface area contributed by atoms with Crippen molar-refractivity contribution in [2.24, 2.45) is 0 Å². The summed E-state index contributed by atoms with van der Waals surface area (Å²) in [5.41, 5.74) is 3.55. The Morgan fingerprint density at radius 1 is 0.950 bits per heavy atom. The second-order valence-corrected chi connectivity index (χ2v) is 5.24. The second kappa shape index (κ2) is 5.91. The average molecular weight is 266 g/mol. The normalized spacial score (nSPS) is 13.6. The number of carbonyl (C=O) groups is 1. The van der Waals surface area contributed by atoms with Crippen LogP contribution in [-0.4, -0.2) is 5.97 Å². The minimum atomic E-state index is -0.185. The molecule has 2 heteroatoms. The standard InChI is InChI=1S/C18H18O2/c19-18(13-14-7-2-1-3-8-14)20-17-12-6-10-15-9-4-5-11-16(15)17/h1-3,6-8,10,12H,4-5,9,11,13H2. The maximum absolute atomic E-state index is 12.0. The van der Waals surface area contributed by atoms with Gasteiger partial charge in [-0.1, -0.05) is 42.5 Å². The van der Waals surface area contributed by atoms with E-state index >= 15 is 0 Å². The Kier molecular flexibility index (Phi) is 3.82. The lowest BCUT2D eigenvalue weighted by Gasteiger charge is -2.18. The molecule has 2 nitrogen and oxygen atoms in total. The number of esters is 1. The summed E-state index contributed by atoms with van der Waals surface area (Å²) in [4.78, 5) is 12.0. The monoisotopic (exact) mass is 266 g/mol. The smallest absolute Gasteiger partial charge is 0.315 e. The van der Waals surface area contributed by atoms with Gasteiger partial charge in [-0.2, -0.15) is 0 Å². The number of hydrogen-bond acceptors (Lipinski definition) is 2. The summed E-state index contributed by atoms with van der Waals surface area (Å²) < 4.78 is 5.58. The van der Waals surface area contributed by atoms with Gasteiger partial charge in [-0.05, 0) is 48.4 Å². The molecular weight excluding hydrogens is 248 g/mol. The number of aryl methyl sites for hydroxylation is 1. The maximum atomic E-state index is 12.0. The van der Waals surface area contributed by atoms with Crippen LogP contribution in [0, 0.1) is 0 Å². The molecular formula is C18H18O2. The van der Waals surface area contributed by atoms with E-state index in [9.17, 15) is 4.79 Å². The number of ether oxygens (including phenoxy) is 1. The van der Waals surface area contributed by atoms with E-state index in [0.717, 1.165) is 24.2 Å². The predicted octanol–water partition coefficient (Wildman–Crippen LogP) is 3.71. The van der Waals surface area contributed by atoms with Crippen LogP contribution in [0.25, 0.3) is 0 Å². The van der Waals surface area contributed by atoms with Crippen molar-refractivity contribution in [2.45, 2.75) is 32.1 Å². The van der Waals surface area contributed by atoms with Gasteiger partial charge in [0.2, 0.25) is 0 Å². The fourth-order valence-electron chi connectivity index (χ4n) is 2.76. The Hall–Kier alpha value is -2.09. The molecule has 102 valence electrons.